The van der Waals surface area contributed by atoms with Crippen molar-refractivity contribution in [2.24, 2.45) is 5.73 Å². The predicted octanol–water partition coefficient (Wildman–Crippen LogP) is 2.72. The van der Waals surface area contributed by atoms with Crippen LogP contribution in [0.25, 0.3) is 0 Å². The number of likely N-dealkylation sites (N-methyl/N-ethyl adjacent to an activating group) is 1. The third-order valence-corrected chi connectivity index (χ3v) is 4.71. The van der Waals surface area contributed by atoms with Gasteiger partial charge in [-0.05, 0) is 39.3 Å². The minimum Gasteiger partial charge on any atom is -0.381 e. The van der Waals surface area contributed by atoms with E-state index in [0.717, 1.165) is 38.0 Å². The van der Waals surface area contributed by atoms with Crippen molar-refractivity contribution >= 4 is 0 Å². The SMILES string of the molecule is CC(c1ccccc1F)N(C)C1(CN)CCCOCC1. The summed E-state index contributed by atoms with van der Waals surface area (Å²) in [5.74, 6) is -0.149. The first-order chi connectivity index (χ1) is 9.60. The van der Waals surface area contributed by atoms with Gasteiger partial charge in [0.15, 0.2) is 0 Å². The van der Waals surface area contributed by atoms with Crippen molar-refractivity contribution in [3.05, 3.63) is 35.6 Å². The molecule has 0 spiro atoms. The van der Waals surface area contributed by atoms with Gasteiger partial charge in [0.1, 0.15) is 5.82 Å². The highest BCUT2D eigenvalue weighted by atomic mass is 19.1. The Kier molecular flexibility index (Phi) is 5.13. The zero-order valence-electron chi connectivity index (χ0n) is 12.4. The third kappa shape index (κ3) is 3.03. The van der Waals surface area contributed by atoms with Crippen molar-refractivity contribution in [1.29, 1.82) is 0 Å². The van der Waals surface area contributed by atoms with Crippen molar-refractivity contribution in [2.75, 3.05) is 26.8 Å². The largest absolute Gasteiger partial charge is 0.381 e. The number of nitrogens with zero attached hydrogens (tertiary/aromatic N) is 1. The van der Waals surface area contributed by atoms with Crippen LogP contribution in [0, 0.1) is 5.82 Å². The van der Waals surface area contributed by atoms with E-state index < -0.39 is 0 Å². The average molecular weight is 280 g/mol. The lowest BCUT2D eigenvalue weighted by Gasteiger charge is -2.44. The molecule has 4 heteroatoms. The van der Waals surface area contributed by atoms with Crippen LogP contribution < -0.4 is 5.73 Å². The molecule has 1 saturated heterocycles. The molecular formula is C16H25FN2O. The molecule has 0 aliphatic carbocycles. The van der Waals surface area contributed by atoms with Crippen LogP contribution in [0.15, 0.2) is 24.3 Å². The van der Waals surface area contributed by atoms with Gasteiger partial charge in [0.2, 0.25) is 0 Å². The maximum Gasteiger partial charge on any atom is 0.127 e. The quantitative estimate of drug-likeness (QED) is 0.921. The Balaban J connectivity index is 2.23. The Morgan fingerprint density at radius 3 is 2.80 bits per heavy atom. The molecule has 112 valence electrons. The number of hydrogen-bond donors (Lipinski definition) is 1. The van der Waals surface area contributed by atoms with Gasteiger partial charge < -0.3 is 10.5 Å². The molecule has 0 radical (unpaired) electrons. The molecule has 0 aromatic heterocycles. The second-order valence-corrected chi connectivity index (χ2v) is 5.70. The number of benzene rings is 1. The molecule has 0 bridgehead atoms. The summed E-state index contributed by atoms with van der Waals surface area (Å²) < 4.78 is 19.5. The number of hydrogen-bond acceptors (Lipinski definition) is 3. The molecule has 0 saturated carbocycles. The number of rotatable bonds is 4. The van der Waals surface area contributed by atoms with Crippen LogP contribution in [0.1, 0.15) is 37.8 Å². The lowest BCUT2D eigenvalue weighted by molar-refractivity contribution is 0.0583. The molecule has 2 unspecified atom stereocenters. The van der Waals surface area contributed by atoms with Crippen molar-refractivity contribution in [3.63, 3.8) is 0 Å². The van der Waals surface area contributed by atoms with Gasteiger partial charge in [-0.15, -0.1) is 0 Å². The second-order valence-electron chi connectivity index (χ2n) is 5.70. The van der Waals surface area contributed by atoms with E-state index in [-0.39, 0.29) is 17.4 Å². The molecule has 2 atom stereocenters. The minimum atomic E-state index is -0.149. The molecule has 1 fully saturated rings. The molecule has 2 rings (SSSR count). The molecule has 1 aromatic rings. The fourth-order valence-corrected chi connectivity index (χ4v) is 3.13. The zero-order valence-corrected chi connectivity index (χ0v) is 12.4. The van der Waals surface area contributed by atoms with Gasteiger partial charge in [0, 0.05) is 36.9 Å². The van der Waals surface area contributed by atoms with Crippen LogP contribution in [0.5, 0.6) is 0 Å². The van der Waals surface area contributed by atoms with Crippen molar-refractivity contribution in [3.8, 4) is 0 Å². The van der Waals surface area contributed by atoms with E-state index in [0.29, 0.717) is 6.54 Å². The Labute approximate surface area is 120 Å². The number of ether oxygens (including phenoxy) is 1. The van der Waals surface area contributed by atoms with E-state index in [9.17, 15) is 4.39 Å². The van der Waals surface area contributed by atoms with Gasteiger partial charge in [-0.2, -0.15) is 0 Å². The summed E-state index contributed by atoms with van der Waals surface area (Å²) in [6.07, 6.45) is 2.91. The number of nitrogens with two attached hydrogens (primary N) is 1. The van der Waals surface area contributed by atoms with Crippen LogP contribution in [-0.4, -0.2) is 37.2 Å². The Morgan fingerprint density at radius 2 is 2.10 bits per heavy atom. The van der Waals surface area contributed by atoms with E-state index in [1.54, 1.807) is 6.07 Å². The molecule has 3 nitrogen and oxygen atoms in total. The van der Waals surface area contributed by atoms with E-state index in [4.69, 9.17) is 10.5 Å². The topological polar surface area (TPSA) is 38.5 Å². The van der Waals surface area contributed by atoms with E-state index >= 15 is 0 Å². The monoisotopic (exact) mass is 280 g/mol. The lowest BCUT2D eigenvalue weighted by atomic mass is 9.86. The summed E-state index contributed by atoms with van der Waals surface area (Å²) in [4.78, 5) is 2.24. The van der Waals surface area contributed by atoms with Gasteiger partial charge in [0.05, 0.1) is 0 Å². The normalized spacial score (nSPS) is 25.4. The van der Waals surface area contributed by atoms with Crippen molar-refractivity contribution in [2.45, 2.75) is 37.8 Å². The first kappa shape index (κ1) is 15.4. The minimum absolute atomic E-state index is 0.00199. The second kappa shape index (κ2) is 6.66. The summed E-state index contributed by atoms with van der Waals surface area (Å²) in [5.41, 5.74) is 6.70. The van der Waals surface area contributed by atoms with Crippen molar-refractivity contribution in [1.82, 2.24) is 4.90 Å². The molecule has 2 N–H and O–H groups in total. The average Bonchev–Trinajstić information content (AvgIpc) is 2.72. The maximum atomic E-state index is 14.0. The van der Waals surface area contributed by atoms with Crippen LogP contribution in [0.4, 0.5) is 4.39 Å². The van der Waals surface area contributed by atoms with Crippen molar-refractivity contribution < 1.29 is 9.13 Å². The Hall–Kier alpha value is -0.970. The Morgan fingerprint density at radius 1 is 1.35 bits per heavy atom. The van der Waals surface area contributed by atoms with E-state index in [2.05, 4.69) is 11.9 Å². The van der Waals surface area contributed by atoms with Crippen LogP contribution in [-0.2, 0) is 4.74 Å². The molecule has 1 aliphatic rings. The van der Waals surface area contributed by atoms with Gasteiger partial charge in [0.25, 0.3) is 0 Å². The van der Waals surface area contributed by atoms with Crippen LogP contribution in [0.3, 0.4) is 0 Å². The lowest BCUT2D eigenvalue weighted by Crippen LogP contribution is -2.53. The highest BCUT2D eigenvalue weighted by Crippen LogP contribution is 2.34. The predicted molar refractivity (Wildman–Crippen MR) is 79.0 cm³/mol. The van der Waals surface area contributed by atoms with Crippen LogP contribution in [0.2, 0.25) is 0 Å². The highest BCUT2D eigenvalue weighted by molar-refractivity contribution is 5.21. The third-order valence-electron chi connectivity index (χ3n) is 4.71. The zero-order chi connectivity index (χ0) is 14.6. The molecule has 1 aromatic carbocycles. The first-order valence-electron chi connectivity index (χ1n) is 7.36. The first-order valence-corrected chi connectivity index (χ1v) is 7.36. The van der Waals surface area contributed by atoms with E-state index in [1.165, 1.54) is 6.07 Å². The fourth-order valence-electron chi connectivity index (χ4n) is 3.13. The molecule has 1 aliphatic heterocycles. The van der Waals surface area contributed by atoms with E-state index in [1.807, 2.05) is 19.1 Å². The van der Waals surface area contributed by atoms with Gasteiger partial charge in [-0.1, -0.05) is 18.2 Å². The molecule has 1 heterocycles. The van der Waals surface area contributed by atoms with Gasteiger partial charge >= 0.3 is 0 Å². The maximum absolute atomic E-state index is 14.0. The highest BCUT2D eigenvalue weighted by Gasteiger charge is 2.37. The summed E-state index contributed by atoms with van der Waals surface area (Å²) in [6.45, 7) is 4.14. The summed E-state index contributed by atoms with van der Waals surface area (Å²) >= 11 is 0. The van der Waals surface area contributed by atoms with Gasteiger partial charge in [-0.25, -0.2) is 4.39 Å². The van der Waals surface area contributed by atoms with Gasteiger partial charge in [-0.3, -0.25) is 4.90 Å². The number of halogens is 1. The summed E-state index contributed by atoms with van der Waals surface area (Å²) in [5, 5.41) is 0. The standard InChI is InChI=1S/C16H25FN2O/c1-13(14-6-3-4-7-15(14)17)19(2)16(12-18)8-5-10-20-11-9-16/h3-4,6-7,13H,5,8-12,18H2,1-2H3. The van der Waals surface area contributed by atoms with Crippen LogP contribution >= 0.6 is 0 Å². The Bertz CT molecular complexity index is 430. The molecular weight excluding hydrogens is 255 g/mol. The molecule has 0 amide bonds. The summed E-state index contributed by atoms with van der Waals surface area (Å²) in [7, 11) is 2.05. The molecule has 20 heavy (non-hydrogen) atoms. The smallest absolute Gasteiger partial charge is 0.127 e. The summed E-state index contributed by atoms with van der Waals surface area (Å²) in [6, 6.07) is 6.98. The fraction of sp³-hybridized carbons (Fsp3) is 0.625.